The molecule has 0 bridgehead atoms. The molecule has 0 amide bonds. The molecule has 1 heterocycles. The van der Waals surface area contributed by atoms with Gasteiger partial charge < -0.3 is 9.84 Å². The van der Waals surface area contributed by atoms with Crippen molar-refractivity contribution in [1.82, 2.24) is 5.32 Å². The van der Waals surface area contributed by atoms with E-state index in [0.717, 1.165) is 5.56 Å². The first kappa shape index (κ1) is 13.3. The average molecular weight is 269 g/mol. The molecule has 104 valence electrons. The molecular weight excluding hydrogens is 250 g/mol. The number of benzene rings is 2. The van der Waals surface area contributed by atoms with E-state index in [1.807, 2.05) is 36.4 Å². The standard InChI is InChI=1S/C17H19NO2/c19-10-16(13-6-2-1-3-7-13)18-17-12-20-11-14-8-4-5-9-15(14)17/h1-9,16-19H,10-12H2. The normalized spacial score (nSPS) is 19.4. The van der Waals surface area contributed by atoms with E-state index in [1.54, 1.807) is 0 Å². The fourth-order valence-corrected chi connectivity index (χ4v) is 2.70. The molecule has 0 saturated heterocycles. The molecule has 20 heavy (non-hydrogen) atoms. The molecule has 2 N–H and O–H groups in total. The van der Waals surface area contributed by atoms with Crippen molar-refractivity contribution in [2.24, 2.45) is 0 Å². The molecule has 1 aliphatic heterocycles. The Bertz CT molecular complexity index is 556. The molecule has 2 atom stereocenters. The lowest BCUT2D eigenvalue weighted by atomic mass is 9.97. The van der Waals surface area contributed by atoms with Gasteiger partial charge in [0.25, 0.3) is 0 Å². The second-order valence-electron chi connectivity index (χ2n) is 5.08. The molecule has 0 saturated carbocycles. The lowest BCUT2D eigenvalue weighted by Gasteiger charge is -2.30. The largest absolute Gasteiger partial charge is 0.394 e. The molecule has 2 unspecified atom stereocenters. The van der Waals surface area contributed by atoms with Crippen molar-refractivity contribution >= 4 is 0 Å². The van der Waals surface area contributed by atoms with Crippen molar-refractivity contribution in [3.63, 3.8) is 0 Å². The van der Waals surface area contributed by atoms with E-state index in [9.17, 15) is 5.11 Å². The first-order chi connectivity index (χ1) is 9.88. The highest BCUT2D eigenvalue weighted by Gasteiger charge is 2.23. The van der Waals surface area contributed by atoms with E-state index >= 15 is 0 Å². The van der Waals surface area contributed by atoms with Crippen molar-refractivity contribution in [1.29, 1.82) is 0 Å². The maximum atomic E-state index is 9.65. The van der Waals surface area contributed by atoms with Crippen molar-refractivity contribution in [3.05, 3.63) is 71.3 Å². The van der Waals surface area contributed by atoms with Gasteiger partial charge in [0, 0.05) is 0 Å². The van der Waals surface area contributed by atoms with E-state index in [0.29, 0.717) is 13.2 Å². The van der Waals surface area contributed by atoms with Crippen molar-refractivity contribution in [2.45, 2.75) is 18.7 Å². The van der Waals surface area contributed by atoms with Crippen LogP contribution in [0.5, 0.6) is 0 Å². The van der Waals surface area contributed by atoms with Crippen molar-refractivity contribution in [3.8, 4) is 0 Å². The molecule has 0 aliphatic carbocycles. The zero-order valence-corrected chi connectivity index (χ0v) is 11.3. The zero-order valence-electron chi connectivity index (χ0n) is 11.3. The Kier molecular flexibility index (Phi) is 4.11. The molecule has 1 aliphatic rings. The number of rotatable bonds is 4. The van der Waals surface area contributed by atoms with Gasteiger partial charge in [-0.25, -0.2) is 0 Å². The second-order valence-corrected chi connectivity index (χ2v) is 5.08. The molecular formula is C17H19NO2. The molecule has 3 rings (SSSR count). The fourth-order valence-electron chi connectivity index (χ4n) is 2.70. The molecule has 0 spiro atoms. The maximum absolute atomic E-state index is 9.65. The molecule has 0 radical (unpaired) electrons. The maximum Gasteiger partial charge on any atom is 0.0721 e. The molecule has 0 fully saturated rings. The number of ether oxygens (including phenoxy) is 1. The first-order valence-electron chi connectivity index (χ1n) is 6.96. The Morgan fingerprint density at radius 1 is 1.10 bits per heavy atom. The summed E-state index contributed by atoms with van der Waals surface area (Å²) in [5.41, 5.74) is 3.59. The summed E-state index contributed by atoms with van der Waals surface area (Å²) in [6.07, 6.45) is 0. The summed E-state index contributed by atoms with van der Waals surface area (Å²) < 4.78 is 5.65. The summed E-state index contributed by atoms with van der Waals surface area (Å²) >= 11 is 0. The van der Waals surface area contributed by atoms with Crippen molar-refractivity contribution in [2.75, 3.05) is 13.2 Å². The van der Waals surface area contributed by atoms with E-state index in [2.05, 4.69) is 23.5 Å². The lowest BCUT2D eigenvalue weighted by Crippen LogP contribution is -2.34. The summed E-state index contributed by atoms with van der Waals surface area (Å²) in [4.78, 5) is 0. The summed E-state index contributed by atoms with van der Waals surface area (Å²) in [5, 5.41) is 13.2. The van der Waals surface area contributed by atoms with E-state index in [-0.39, 0.29) is 18.7 Å². The van der Waals surface area contributed by atoms with Crippen LogP contribution in [0.1, 0.15) is 28.8 Å². The van der Waals surface area contributed by atoms with E-state index in [4.69, 9.17) is 4.74 Å². The predicted octanol–water partition coefficient (Wildman–Crippen LogP) is 2.58. The lowest BCUT2D eigenvalue weighted by molar-refractivity contribution is 0.0744. The van der Waals surface area contributed by atoms with Gasteiger partial charge in [-0.1, -0.05) is 54.6 Å². The van der Waals surface area contributed by atoms with Gasteiger partial charge in [0.05, 0.1) is 31.9 Å². The van der Waals surface area contributed by atoms with Gasteiger partial charge in [0.1, 0.15) is 0 Å². The Morgan fingerprint density at radius 3 is 2.65 bits per heavy atom. The molecule has 3 heteroatoms. The number of aliphatic hydroxyl groups is 1. The highest BCUT2D eigenvalue weighted by atomic mass is 16.5. The van der Waals surface area contributed by atoms with E-state index < -0.39 is 0 Å². The molecule has 2 aromatic carbocycles. The smallest absolute Gasteiger partial charge is 0.0721 e. The minimum atomic E-state index is -0.0732. The zero-order chi connectivity index (χ0) is 13.8. The summed E-state index contributed by atoms with van der Waals surface area (Å²) in [6, 6.07) is 18.4. The van der Waals surface area contributed by atoms with Crippen LogP contribution in [0.4, 0.5) is 0 Å². The quantitative estimate of drug-likeness (QED) is 0.896. The third-order valence-electron chi connectivity index (χ3n) is 3.76. The van der Waals surface area contributed by atoms with Gasteiger partial charge in [0.2, 0.25) is 0 Å². The third kappa shape index (κ3) is 2.75. The number of fused-ring (bicyclic) bond motifs is 1. The number of hydrogen-bond acceptors (Lipinski definition) is 3. The van der Waals surface area contributed by atoms with Crippen LogP contribution in [0.3, 0.4) is 0 Å². The van der Waals surface area contributed by atoms with Gasteiger partial charge in [-0.05, 0) is 16.7 Å². The van der Waals surface area contributed by atoms with E-state index in [1.165, 1.54) is 11.1 Å². The Labute approximate surface area is 119 Å². The average Bonchev–Trinajstić information content (AvgIpc) is 2.53. The van der Waals surface area contributed by atoms with Gasteiger partial charge in [-0.2, -0.15) is 0 Å². The van der Waals surface area contributed by atoms with Crippen LogP contribution >= 0.6 is 0 Å². The van der Waals surface area contributed by atoms with Crippen LogP contribution in [0, 0.1) is 0 Å². The van der Waals surface area contributed by atoms with Gasteiger partial charge in [-0.15, -0.1) is 0 Å². The van der Waals surface area contributed by atoms with Gasteiger partial charge >= 0.3 is 0 Å². The summed E-state index contributed by atoms with van der Waals surface area (Å²) in [5.74, 6) is 0. The van der Waals surface area contributed by atoms with Crippen LogP contribution in [0.15, 0.2) is 54.6 Å². The minimum Gasteiger partial charge on any atom is -0.394 e. The second kappa shape index (κ2) is 6.18. The topological polar surface area (TPSA) is 41.5 Å². The van der Waals surface area contributed by atoms with Gasteiger partial charge in [0.15, 0.2) is 0 Å². The van der Waals surface area contributed by atoms with Crippen LogP contribution in [0.25, 0.3) is 0 Å². The van der Waals surface area contributed by atoms with Crippen LogP contribution < -0.4 is 5.32 Å². The summed E-state index contributed by atoms with van der Waals surface area (Å²) in [6.45, 7) is 1.38. The third-order valence-corrected chi connectivity index (χ3v) is 3.76. The minimum absolute atomic E-state index is 0.0721. The van der Waals surface area contributed by atoms with Crippen LogP contribution in [-0.2, 0) is 11.3 Å². The highest BCUT2D eigenvalue weighted by molar-refractivity contribution is 5.31. The molecule has 3 nitrogen and oxygen atoms in total. The fraction of sp³-hybridized carbons (Fsp3) is 0.294. The number of hydrogen-bond donors (Lipinski definition) is 2. The number of aliphatic hydroxyl groups excluding tert-OH is 1. The Morgan fingerprint density at radius 2 is 1.85 bits per heavy atom. The monoisotopic (exact) mass is 269 g/mol. The van der Waals surface area contributed by atoms with Crippen molar-refractivity contribution < 1.29 is 9.84 Å². The first-order valence-corrected chi connectivity index (χ1v) is 6.96. The molecule has 0 aromatic heterocycles. The van der Waals surface area contributed by atoms with Crippen LogP contribution in [0.2, 0.25) is 0 Å². The predicted molar refractivity (Wildman–Crippen MR) is 78.2 cm³/mol. The van der Waals surface area contributed by atoms with Crippen LogP contribution in [-0.4, -0.2) is 18.3 Å². The molecule has 2 aromatic rings. The Balaban J connectivity index is 1.81. The highest BCUT2D eigenvalue weighted by Crippen LogP contribution is 2.27. The van der Waals surface area contributed by atoms with Gasteiger partial charge in [-0.3, -0.25) is 5.32 Å². The summed E-state index contributed by atoms with van der Waals surface area (Å²) in [7, 11) is 0. The SMILES string of the molecule is OCC(NC1COCc2ccccc21)c1ccccc1. The Hall–Kier alpha value is -1.68. The number of nitrogens with one attached hydrogen (secondary N) is 1.